The van der Waals surface area contributed by atoms with Crippen LogP contribution in [0.4, 0.5) is 11.5 Å². The fourth-order valence-corrected chi connectivity index (χ4v) is 3.01. The number of carbonyl (C=O) groups excluding carboxylic acids is 1. The molecule has 0 aliphatic heterocycles. The Morgan fingerprint density at radius 3 is 2.41 bits per heavy atom. The van der Waals surface area contributed by atoms with Gasteiger partial charge in [-0.25, -0.2) is 9.78 Å². The summed E-state index contributed by atoms with van der Waals surface area (Å²) in [5, 5.41) is 12.9. The number of carboxylic acid groups (broad SMARTS) is 1. The number of aromatic carboxylic acids is 1. The van der Waals surface area contributed by atoms with Crippen molar-refractivity contribution in [1.82, 2.24) is 4.98 Å². The van der Waals surface area contributed by atoms with E-state index in [0.29, 0.717) is 35.2 Å². The lowest BCUT2D eigenvalue weighted by molar-refractivity contribution is 0.0696. The molecule has 1 heterocycles. The van der Waals surface area contributed by atoms with Gasteiger partial charge in [0.25, 0.3) is 5.91 Å². The molecule has 0 atom stereocenters. The van der Waals surface area contributed by atoms with Gasteiger partial charge in [-0.3, -0.25) is 4.79 Å². The van der Waals surface area contributed by atoms with E-state index in [9.17, 15) is 14.7 Å². The van der Waals surface area contributed by atoms with Crippen molar-refractivity contribution in [2.75, 3.05) is 16.8 Å². The number of carboxylic acids is 1. The maximum Gasteiger partial charge on any atom is 0.339 e. The van der Waals surface area contributed by atoms with Crippen molar-refractivity contribution in [3.63, 3.8) is 0 Å². The summed E-state index contributed by atoms with van der Waals surface area (Å²) in [4.78, 5) is 30.4. The number of hydrogen-bond acceptors (Lipinski definition) is 4. The van der Waals surface area contributed by atoms with Crippen LogP contribution < -0.4 is 10.2 Å². The van der Waals surface area contributed by atoms with Gasteiger partial charge in [-0.1, -0.05) is 41.9 Å². The minimum Gasteiger partial charge on any atom is -0.478 e. The van der Waals surface area contributed by atoms with Crippen LogP contribution in [-0.2, 0) is 6.54 Å². The second kappa shape index (κ2) is 9.21. The Hall–Kier alpha value is -3.38. The fraction of sp³-hybridized carbons (Fsp3) is 0.136. The van der Waals surface area contributed by atoms with E-state index in [1.165, 1.54) is 12.3 Å². The van der Waals surface area contributed by atoms with Gasteiger partial charge in [0.05, 0.1) is 11.9 Å². The second-order valence-corrected chi connectivity index (χ2v) is 6.80. The van der Waals surface area contributed by atoms with E-state index in [4.69, 9.17) is 11.6 Å². The number of carbonyl (C=O) groups is 2. The Labute approximate surface area is 173 Å². The van der Waals surface area contributed by atoms with Crippen LogP contribution in [0.3, 0.4) is 0 Å². The van der Waals surface area contributed by atoms with Crippen LogP contribution in [-0.4, -0.2) is 28.5 Å². The number of pyridine rings is 1. The van der Waals surface area contributed by atoms with Gasteiger partial charge in [0.2, 0.25) is 0 Å². The maximum absolute atomic E-state index is 12.4. The quantitative estimate of drug-likeness (QED) is 0.590. The summed E-state index contributed by atoms with van der Waals surface area (Å²) in [6, 6.07) is 17.6. The minimum atomic E-state index is -1.11. The van der Waals surface area contributed by atoms with Gasteiger partial charge in [-0.2, -0.15) is 0 Å². The van der Waals surface area contributed by atoms with Gasteiger partial charge in [0.15, 0.2) is 0 Å². The Kier molecular flexibility index (Phi) is 6.46. The number of nitrogens with one attached hydrogen (secondary N) is 1. The zero-order valence-electron chi connectivity index (χ0n) is 15.8. The standard InChI is InChI=1S/C22H20ClN3O3/c1-2-26(14-15-6-4-3-5-7-15)20-19(22(28)29)12-18(13-24-20)25-21(27)16-8-10-17(23)11-9-16/h3-13H,2,14H2,1H3,(H,25,27)(H,28,29). The van der Waals surface area contributed by atoms with Crippen molar-refractivity contribution >= 4 is 35.0 Å². The third-order valence-electron chi connectivity index (χ3n) is 4.36. The number of benzene rings is 2. The molecule has 0 unspecified atom stereocenters. The van der Waals surface area contributed by atoms with E-state index >= 15 is 0 Å². The third kappa shape index (κ3) is 5.12. The Morgan fingerprint density at radius 2 is 1.79 bits per heavy atom. The van der Waals surface area contributed by atoms with Crippen molar-refractivity contribution in [1.29, 1.82) is 0 Å². The molecule has 0 bridgehead atoms. The summed E-state index contributed by atoms with van der Waals surface area (Å²) in [5.41, 5.74) is 1.79. The number of nitrogens with zero attached hydrogens (tertiary/aromatic N) is 2. The molecule has 148 valence electrons. The minimum absolute atomic E-state index is 0.0247. The molecule has 29 heavy (non-hydrogen) atoms. The smallest absolute Gasteiger partial charge is 0.339 e. The number of hydrogen-bond donors (Lipinski definition) is 2. The first-order valence-corrected chi connectivity index (χ1v) is 9.45. The van der Waals surface area contributed by atoms with E-state index in [0.717, 1.165) is 5.56 Å². The second-order valence-electron chi connectivity index (χ2n) is 6.36. The number of anilines is 2. The molecule has 0 aliphatic carbocycles. The fourth-order valence-electron chi connectivity index (χ4n) is 2.88. The highest BCUT2D eigenvalue weighted by Crippen LogP contribution is 2.23. The van der Waals surface area contributed by atoms with Gasteiger partial charge in [0, 0.05) is 23.7 Å². The van der Waals surface area contributed by atoms with E-state index < -0.39 is 5.97 Å². The lowest BCUT2D eigenvalue weighted by Gasteiger charge is -2.24. The summed E-state index contributed by atoms with van der Waals surface area (Å²) in [7, 11) is 0. The summed E-state index contributed by atoms with van der Waals surface area (Å²) < 4.78 is 0. The molecule has 7 heteroatoms. The average Bonchev–Trinajstić information content (AvgIpc) is 2.73. The number of amides is 1. The molecule has 0 spiro atoms. The van der Waals surface area contributed by atoms with Gasteiger partial charge in [-0.15, -0.1) is 0 Å². The molecule has 1 aromatic heterocycles. The number of halogens is 1. The first-order valence-electron chi connectivity index (χ1n) is 9.07. The molecule has 0 saturated heterocycles. The normalized spacial score (nSPS) is 10.4. The van der Waals surface area contributed by atoms with Crippen LogP contribution in [0.15, 0.2) is 66.9 Å². The SMILES string of the molecule is CCN(Cc1ccccc1)c1ncc(NC(=O)c2ccc(Cl)cc2)cc1C(=O)O. The van der Waals surface area contributed by atoms with Crippen molar-refractivity contribution in [2.45, 2.75) is 13.5 Å². The van der Waals surface area contributed by atoms with Gasteiger partial charge in [0.1, 0.15) is 11.4 Å². The molecule has 0 fully saturated rings. The lowest BCUT2D eigenvalue weighted by Crippen LogP contribution is -2.25. The van der Waals surface area contributed by atoms with Crippen LogP contribution in [0.5, 0.6) is 0 Å². The largest absolute Gasteiger partial charge is 0.478 e. The molecular formula is C22H20ClN3O3. The predicted molar refractivity (Wildman–Crippen MR) is 114 cm³/mol. The number of rotatable bonds is 7. The first-order chi connectivity index (χ1) is 14.0. The monoisotopic (exact) mass is 409 g/mol. The van der Waals surface area contributed by atoms with Gasteiger partial charge in [-0.05, 0) is 42.8 Å². The molecule has 1 amide bonds. The molecular weight excluding hydrogens is 390 g/mol. The van der Waals surface area contributed by atoms with Crippen molar-refractivity contribution in [3.8, 4) is 0 Å². The van der Waals surface area contributed by atoms with Crippen LogP contribution in [0.25, 0.3) is 0 Å². The van der Waals surface area contributed by atoms with Crippen LogP contribution in [0, 0.1) is 0 Å². The topological polar surface area (TPSA) is 82.5 Å². The zero-order chi connectivity index (χ0) is 20.8. The summed E-state index contributed by atoms with van der Waals surface area (Å²) in [5.74, 6) is -1.13. The maximum atomic E-state index is 12.4. The molecule has 3 rings (SSSR count). The van der Waals surface area contributed by atoms with Gasteiger partial charge < -0.3 is 15.3 Å². The first kappa shape index (κ1) is 20.4. The van der Waals surface area contributed by atoms with Crippen molar-refractivity contribution in [3.05, 3.63) is 88.6 Å². The molecule has 2 aromatic carbocycles. The average molecular weight is 410 g/mol. The van der Waals surface area contributed by atoms with E-state index in [-0.39, 0.29) is 11.5 Å². The van der Waals surface area contributed by atoms with Crippen LogP contribution in [0.2, 0.25) is 5.02 Å². The van der Waals surface area contributed by atoms with E-state index in [1.54, 1.807) is 24.3 Å². The third-order valence-corrected chi connectivity index (χ3v) is 4.61. The highest BCUT2D eigenvalue weighted by molar-refractivity contribution is 6.30. The highest BCUT2D eigenvalue weighted by Gasteiger charge is 2.19. The molecule has 6 nitrogen and oxygen atoms in total. The lowest BCUT2D eigenvalue weighted by atomic mass is 10.1. The predicted octanol–water partition coefficient (Wildman–Crippen LogP) is 4.71. The van der Waals surface area contributed by atoms with Gasteiger partial charge >= 0.3 is 5.97 Å². The molecule has 3 aromatic rings. The Balaban J connectivity index is 1.85. The van der Waals surface area contributed by atoms with Crippen molar-refractivity contribution < 1.29 is 14.7 Å². The Morgan fingerprint density at radius 1 is 1.10 bits per heavy atom. The number of aromatic nitrogens is 1. The van der Waals surface area contributed by atoms with Crippen molar-refractivity contribution in [2.24, 2.45) is 0 Å². The van der Waals surface area contributed by atoms with Crippen LogP contribution >= 0.6 is 11.6 Å². The molecule has 2 N–H and O–H groups in total. The highest BCUT2D eigenvalue weighted by atomic mass is 35.5. The van der Waals surface area contributed by atoms with Crippen LogP contribution in [0.1, 0.15) is 33.2 Å². The Bertz CT molecular complexity index is 1010. The zero-order valence-corrected chi connectivity index (χ0v) is 16.6. The summed E-state index contributed by atoms with van der Waals surface area (Å²) >= 11 is 5.84. The summed E-state index contributed by atoms with van der Waals surface area (Å²) in [6.45, 7) is 3.05. The molecule has 0 saturated carbocycles. The van der Waals surface area contributed by atoms with E-state index in [1.807, 2.05) is 42.2 Å². The molecule has 0 aliphatic rings. The molecule has 0 radical (unpaired) electrons. The summed E-state index contributed by atoms with van der Waals surface area (Å²) in [6.07, 6.45) is 1.46. The van der Waals surface area contributed by atoms with E-state index in [2.05, 4.69) is 10.3 Å².